The Kier molecular flexibility index (Phi) is 3.49. The van der Waals surface area contributed by atoms with Crippen molar-refractivity contribution in [2.24, 2.45) is 0 Å². The van der Waals surface area contributed by atoms with Crippen LogP contribution in [0.5, 0.6) is 0 Å². The molecule has 6 aromatic rings. The maximum atomic E-state index is 13.2. The van der Waals surface area contributed by atoms with Crippen molar-refractivity contribution in [1.82, 2.24) is 0 Å². The van der Waals surface area contributed by atoms with Crippen molar-refractivity contribution >= 4 is 59.6 Å². The van der Waals surface area contributed by atoms with Gasteiger partial charge in [-0.3, -0.25) is 4.72 Å². The molecule has 0 bridgehead atoms. The monoisotopic (exact) mass is 413 g/mol. The van der Waals surface area contributed by atoms with Gasteiger partial charge in [-0.15, -0.1) is 0 Å². The van der Waals surface area contributed by atoms with Crippen LogP contribution in [-0.2, 0) is 10.0 Å². The highest BCUT2D eigenvalue weighted by Gasteiger charge is 2.19. The summed E-state index contributed by atoms with van der Waals surface area (Å²) < 4.78 is 40.9. The summed E-state index contributed by atoms with van der Waals surface area (Å²) in [5, 5.41) is 3.25. The molecule has 0 saturated carbocycles. The Morgan fingerprint density at radius 2 is 1.23 bits per heavy atom. The van der Waals surface area contributed by atoms with Gasteiger partial charge in [-0.05, 0) is 42.5 Å². The second kappa shape index (κ2) is 6.11. The second-order valence-electron chi connectivity index (χ2n) is 7.14. The Labute approximate surface area is 171 Å². The van der Waals surface area contributed by atoms with Gasteiger partial charge in [0, 0.05) is 16.2 Å². The van der Waals surface area contributed by atoms with E-state index < -0.39 is 10.0 Å². The lowest BCUT2D eigenvalue weighted by atomic mass is 10.1. The third-order valence-electron chi connectivity index (χ3n) is 5.31. The molecule has 0 amide bonds. The minimum atomic E-state index is -3.82. The van der Waals surface area contributed by atoms with E-state index in [-0.39, 0.29) is 4.90 Å². The molecule has 0 radical (unpaired) electrons. The zero-order valence-electron chi connectivity index (χ0n) is 15.6. The number of furan rings is 2. The fraction of sp³-hybridized carbons (Fsp3) is 0. The topological polar surface area (TPSA) is 72.5 Å². The van der Waals surface area contributed by atoms with E-state index in [0.717, 1.165) is 27.1 Å². The van der Waals surface area contributed by atoms with Gasteiger partial charge in [0.05, 0.1) is 16.0 Å². The first-order chi connectivity index (χ1) is 14.6. The molecule has 0 saturated heterocycles. The Morgan fingerprint density at radius 3 is 2.07 bits per heavy atom. The van der Waals surface area contributed by atoms with E-state index in [1.165, 1.54) is 0 Å². The molecular formula is C24H15NO4S. The van der Waals surface area contributed by atoms with Gasteiger partial charge in [0.15, 0.2) is 0 Å². The number of nitrogens with one attached hydrogen (secondary N) is 1. The lowest BCUT2D eigenvalue weighted by Gasteiger charge is -2.09. The molecule has 0 aliphatic rings. The summed E-state index contributed by atoms with van der Waals surface area (Å²) in [6, 6.07) is 25.4. The van der Waals surface area contributed by atoms with Crippen molar-refractivity contribution in [3.63, 3.8) is 0 Å². The molecule has 2 aromatic heterocycles. The fourth-order valence-corrected chi connectivity index (χ4v) is 5.03. The van der Waals surface area contributed by atoms with E-state index in [0.29, 0.717) is 22.4 Å². The Hall–Kier alpha value is -3.77. The molecule has 0 unspecified atom stereocenters. The van der Waals surface area contributed by atoms with Gasteiger partial charge >= 0.3 is 0 Å². The van der Waals surface area contributed by atoms with Crippen LogP contribution in [0.3, 0.4) is 0 Å². The first kappa shape index (κ1) is 17.1. The zero-order valence-corrected chi connectivity index (χ0v) is 16.4. The highest BCUT2D eigenvalue weighted by molar-refractivity contribution is 7.92. The summed E-state index contributed by atoms with van der Waals surface area (Å²) in [6.45, 7) is 0. The summed E-state index contributed by atoms with van der Waals surface area (Å²) in [4.78, 5) is 0.173. The van der Waals surface area contributed by atoms with Gasteiger partial charge in [0.1, 0.15) is 22.3 Å². The molecule has 2 heterocycles. The number of benzene rings is 4. The van der Waals surface area contributed by atoms with E-state index in [1.807, 2.05) is 54.6 Å². The minimum Gasteiger partial charge on any atom is -0.456 e. The van der Waals surface area contributed by atoms with Gasteiger partial charge in [-0.2, -0.15) is 0 Å². The van der Waals surface area contributed by atoms with Gasteiger partial charge in [-0.1, -0.05) is 42.5 Å². The van der Waals surface area contributed by atoms with Crippen molar-refractivity contribution < 1.29 is 17.3 Å². The largest absolute Gasteiger partial charge is 0.456 e. The van der Waals surface area contributed by atoms with Crippen LogP contribution in [-0.4, -0.2) is 8.42 Å². The molecule has 146 valence electrons. The SMILES string of the molecule is O=S(=O)(Nc1cccc2oc3ccccc3c12)c1ccc2oc3ccccc3c2c1. The van der Waals surface area contributed by atoms with Gasteiger partial charge in [0.2, 0.25) is 0 Å². The van der Waals surface area contributed by atoms with E-state index in [1.54, 1.807) is 30.3 Å². The summed E-state index contributed by atoms with van der Waals surface area (Å²) in [5.41, 5.74) is 3.20. The molecule has 0 atom stereocenters. The van der Waals surface area contributed by atoms with Crippen LogP contribution < -0.4 is 4.72 Å². The molecule has 0 spiro atoms. The maximum absolute atomic E-state index is 13.2. The normalized spacial score (nSPS) is 12.3. The number of para-hydroxylation sites is 2. The van der Waals surface area contributed by atoms with Gasteiger partial charge < -0.3 is 8.83 Å². The smallest absolute Gasteiger partial charge is 0.261 e. The molecule has 30 heavy (non-hydrogen) atoms. The summed E-state index contributed by atoms with van der Waals surface area (Å²) >= 11 is 0. The quantitative estimate of drug-likeness (QED) is 0.370. The van der Waals surface area contributed by atoms with Crippen LogP contribution in [0.25, 0.3) is 43.9 Å². The van der Waals surface area contributed by atoms with Crippen molar-refractivity contribution in [2.75, 3.05) is 4.72 Å². The number of hydrogen-bond acceptors (Lipinski definition) is 4. The average Bonchev–Trinajstić information content (AvgIpc) is 3.32. The molecular weight excluding hydrogens is 398 g/mol. The summed E-state index contributed by atoms with van der Waals surface area (Å²) in [5.74, 6) is 0. The summed E-state index contributed by atoms with van der Waals surface area (Å²) in [7, 11) is -3.82. The maximum Gasteiger partial charge on any atom is 0.261 e. The van der Waals surface area contributed by atoms with Crippen molar-refractivity contribution in [2.45, 2.75) is 4.90 Å². The van der Waals surface area contributed by atoms with Crippen LogP contribution in [0.4, 0.5) is 5.69 Å². The second-order valence-corrected chi connectivity index (χ2v) is 8.82. The molecule has 0 aliphatic heterocycles. The Balaban J connectivity index is 1.50. The van der Waals surface area contributed by atoms with E-state index in [9.17, 15) is 8.42 Å². The zero-order chi connectivity index (χ0) is 20.3. The summed E-state index contributed by atoms with van der Waals surface area (Å²) in [6.07, 6.45) is 0. The molecule has 5 nitrogen and oxygen atoms in total. The van der Waals surface area contributed by atoms with Crippen molar-refractivity contribution in [1.29, 1.82) is 0 Å². The minimum absolute atomic E-state index is 0.173. The molecule has 4 aromatic carbocycles. The first-order valence-corrected chi connectivity index (χ1v) is 10.9. The van der Waals surface area contributed by atoms with Gasteiger partial charge in [0.25, 0.3) is 10.0 Å². The van der Waals surface area contributed by atoms with Crippen LogP contribution >= 0.6 is 0 Å². The van der Waals surface area contributed by atoms with Crippen molar-refractivity contribution in [3.05, 3.63) is 84.9 Å². The lowest BCUT2D eigenvalue weighted by molar-refractivity contribution is 0.601. The van der Waals surface area contributed by atoms with Crippen LogP contribution in [0, 0.1) is 0 Å². The molecule has 1 N–H and O–H groups in total. The lowest BCUT2D eigenvalue weighted by Crippen LogP contribution is -2.13. The highest BCUT2D eigenvalue weighted by atomic mass is 32.2. The fourth-order valence-electron chi connectivity index (χ4n) is 3.94. The van der Waals surface area contributed by atoms with Crippen LogP contribution in [0.1, 0.15) is 0 Å². The molecule has 6 rings (SSSR count). The Bertz CT molecular complexity index is 1690. The predicted molar refractivity (Wildman–Crippen MR) is 118 cm³/mol. The first-order valence-electron chi connectivity index (χ1n) is 9.44. The highest BCUT2D eigenvalue weighted by Crippen LogP contribution is 2.36. The van der Waals surface area contributed by atoms with Gasteiger partial charge in [-0.25, -0.2) is 8.42 Å². The number of hydrogen-bond donors (Lipinski definition) is 1. The third-order valence-corrected chi connectivity index (χ3v) is 6.67. The number of rotatable bonds is 3. The Morgan fingerprint density at radius 1 is 0.600 bits per heavy atom. The predicted octanol–water partition coefficient (Wildman–Crippen LogP) is 6.29. The molecule has 6 heteroatoms. The van der Waals surface area contributed by atoms with E-state index in [4.69, 9.17) is 8.83 Å². The standard InChI is InChI=1S/C24H15NO4S/c26-30(27,15-12-13-22-18(14-15)16-6-1-3-9-20(16)28-22)25-19-8-5-11-23-24(19)17-7-2-4-10-21(17)29-23/h1-14,25H. The van der Waals surface area contributed by atoms with E-state index >= 15 is 0 Å². The number of fused-ring (bicyclic) bond motifs is 6. The molecule has 0 fully saturated rings. The van der Waals surface area contributed by atoms with E-state index in [2.05, 4.69) is 4.72 Å². The number of anilines is 1. The third kappa shape index (κ3) is 2.51. The average molecular weight is 413 g/mol. The van der Waals surface area contributed by atoms with Crippen molar-refractivity contribution in [3.8, 4) is 0 Å². The molecule has 0 aliphatic carbocycles. The number of sulfonamides is 1. The van der Waals surface area contributed by atoms with Crippen LogP contribution in [0.2, 0.25) is 0 Å². The van der Waals surface area contributed by atoms with Crippen LogP contribution in [0.15, 0.2) is 98.7 Å².